The number of nitrogens with zero attached hydrogens (tertiary/aromatic N) is 4. The van der Waals surface area contributed by atoms with Crippen molar-refractivity contribution in [2.45, 2.75) is 63.5 Å². The lowest BCUT2D eigenvalue weighted by Gasteiger charge is -2.38. The van der Waals surface area contributed by atoms with Crippen molar-refractivity contribution in [1.29, 1.82) is 0 Å². The largest absolute Gasteiger partial charge is 0.385 e. The number of aryl methyl sites for hydroxylation is 2. The molecule has 2 aromatic rings. The minimum absolute atomic E-state index is 0.679. The summed E-state index contributed by atoms with van der Waals surface area (Å²) in [7, 11) is 0. The standard InChI is InChI=1S/C21H29BrN4O/c22-18-9-7-17(8-10-18)21(27)11-15-25(16-12-21)13-4-6-20-24-23-19-5-2-1-3-14-26(19)20/h7-10,27H,1-6,11-16H2. The highest BCUT2D eigenvalue weighted by Crippen LogP contribution is 2.33. The van der Waals surface area contributed by atoms with Gasteiger partial charge >= 0.3 is 0 Å². The lowest BCUT2D eigenvalue weighted by Crippen LogP contribution is -2.43. The molecule has 1 aromatic heterocycles. The van der Waals surface area contributed by atoms with Crippen LogP contribution in [0.15, 0.2) is 28.7 Å². The van der Waals surface area contributed by atoms with Crippen LogP contribution in [0.25, 0.3) is 0 Å². The lowest BCUT2D eigenvalue weighted by atomic mass is 9.84. The van der Waals surface area contributed by atoms with Gasteiger partial charge in [0.15, 0.2) is 0 Å². The van der Waals surface area contributed by atoms with Gasteiger partial charge in [0, 0.05) is 36.9 Å². The van der Waals surface area contributed by atoms with E-state index in [1.165, 1.54) is 25.1 Å². The van der Waals surface area contributed by atoms with Crippen LogP contribution >= 0.6 is 15.9 Å². The van der Waals surface area contributed by atoms with Gasteiger partial charge in [-0.2, -0.15) is 0 Å². The van der Waals surface area contributed by atoms with Crippen molar-refractivity contribution in [3.05, 3.63) is 46.0 Å². The number of halogens is 1. The van der Waals surface area contributed by atoms with Crippen LogP contribution in [-0.4, -0.2) is 44.4 Å². The van der Waals surface area contributed by atoms with E-state index in [-0.39, 0.29) is 0 Å². The summed E-state index contributed by atoms with van der Waals surface area (Å²) in [5.74, 6) is 2.34. The summed E-state index contributed by atoms with van der Waals surface area (Å²) in [4.78, 5) is 2.48. The Bertz CT molecular complexity index is 750. The van der Waals surface area contributed by atoms with Gasteiger partial charge in [0.05, 0.1) is 5.60 Å². The van der Waals surface area contributed by atoms with Crippen molar-refractivity contribution in [3.63, 3.8) is 0 Å². The maximum Gasteiger partial charge on any atom is 0.133 e. The van der Waals surface area contributed by atoms with Gasteiger partial charge < -0.3 is 14.6 Å². The fraction of sp³-hybridized carbons (Fsp3) is 0.619. The van der Waals surface area contributed by atoms with Crippen molar-refractivity contribution < 1.29 is 5.11 Å². The van der Waals surface area contributed by atoms with Crippen LogP contribution in [-0.2, 0) is 25.0 Å². The molecular formula is C21H29BrN4O. The second-order valence-corrected chi connectivity index (χ2v) is 8.89. The van der Waals surface area contributed by atoms with E-state index in [0.717, 1.165) is 74.1 Å². The van der Waals surface area contributed by atoms with Crippen LogP contribution in [0.1, 0.15) is 55.7 Å². The molecule has 4 rings (SSSR count). The quantitative estimate of drug-likeness (QED) is 0.782. The van der Waals surface area contributed by atoms with E-state index in [9.17, 15) is 5.11 Å². The number of fused-ring (bicyclic) bond motifs is 1. The minimum Gasteiger partial charge on any atom is -0.385 e. The maximum absolute atomic E-state index is 11.0. The Morgan fingerprint density at radius 3 is 2.56 bits per heavy atom. The van der Waals surface area contributed by atoms with Gasteiger partial charge in [0.1, 0.15) is 11.6 Å². The summed E-state index contributed by atoms with van der Waals surface area (Å²) in [5.41, 5.74) is 0.359. The van der Waals surface area contributed by atoms with Gasteiger partial charge in [0.25, 0.3) is 0 Å². The Morgan fingerprint density at radius 2 is 1.78 bits per heavy atom. The first-order chi connectivity index (χ1) is 13.1. The highest BCUT2D eigenvalue weighted by atomic mass is 79.9. The van der Waals surface area contributed by atoms with Crippen molar-refractivity contribution in [2.24, 2.45) is 0 Å². The zero-order valence-corrected chi connectivity index (χ0v) is 17.5. The number of hydrogen-bond donors (Lipinski definition) is 1. The van der Waals surface area contributed by atoms with Crippen LogP contribution in [0.3, 0.4) is 0 Å². The average Bonchev–Trinajstić information content (AvgIpc) is 2.90. The van der Waals surface area contributed by atoms with Gasteiger partial charge in [0.2, 0.25) is 0 Å². The second-order valence-electron chi connectivity index (χ2n) is 7.98. The second kappa shape index (κ2) is 8.41. The molecule has 0 aliphatic carbocycles. The van der Waals surface area contributed by atoms with Crippen molar-refractivity contribution >= 4 is 15.9 Å². The van der Waals surface area contributed by atoms with Crippen LogP contribution < -0.4 is 0 Å². The lowest BCUT2D eigenvalue weighted by molar-refractivity contribution is -0.0260. The monoisotopic (exact) mass is 432 g/mol. The van der Waals surface area contributed by atoms with E-state index >= 15 is 0 Å². The van der Waals surface area contributed by atoms with Crippen LogP contribution in [0.2, 0.25) is 0 Å². The fourth-order valence-corrected chi connectivity index (χ4v) is 4.65. The molecule has 0 amide bonds. The molecule has 1 fully saturated rings. The summed E-state index contributed by atoms with van der Waals surface area (Å²) in [6.45, 7) is 4.05. The van der Waals surface area contributed by atoms with E-state index in [1.54, 1.807) is 0 Å². The van der Waals surface area contributed by atoms with Crippen molar-refractivity contribution in [2.75, 3.05) is 19.6 Å². The molecule has 6 heteroatoms. The third kappa shape index (κ3) is 4.44. The van der Waals surface area contributed by atoms with Crippen LogP contribution in [0.5, 0.6) is 0 Å². The van der Waals surface area contributed by atoms with E-state index in [4.69, 9.17) is 0 Å². The number of benzene rings is 1. The summed E-state index contributed by atoms with van der Waals surface area (Å²) in [6, 6.07) is 8.11. The van der Waals surface area contributed by atoms with Crippen molar-refractivity contribution in [3.8, 4) is 0 Å². The maximum atomic E-state index is 11.0. The molecule has 0 saturated carbocycles. The van der Waals surface area contributed by atoms with Gasteiger partial charge in [-0.25, -0.2) is 0 Å². The Morgan fingerprint density at radius 1 is 1.00 bits per heavy atom. The Kier molecular flexibility index (Phi) is 5.95. The number of aliphatic hydroxyl groups is 1. The molecule has 1 saturated heterocycles. The number of aromatic nitrogens is 3. The van der Waals surface area contributed by atoms with E-state index in [2.05, 4.69) is 35.6 Å². The Hall–Kier alpha value is -1.24. The third-order valence-electron chi connectivity index (χ3n) is 6.13. The molecule has 27 heavy (non-hydrogen) atoms. The van der Waals surface area contributed by atoms with Crippen LogP contribution in [0.4, 0.5) is 0 Å². The number of rotatable bonds is 5. The summed E-state index contributed by atoms with van der Waals surface area (Å²) < 4.78 is 3.41. The van der Waals surface area contributed by atoms with Gasteiger partial charge in [-0.05, 0) is 56.3 Å². The smallest absolute Gasteiger partial charge is 0.133 e. The van der Waals surface area contributed by atoms with E-state index in [1.807, 2.05) is 24.3 Å². The molecule has 0 atom stereocenters. The SMILES string of the molecule is OC1(c2ccc(Br)cc2)CCN(CCCc2nnc3n2CCCCC3)CC1. The molecule has 0 radical (unpaired) electrons. The van der Waals surface area contributed by atoms with Crippen molar-refractivity contribution in [1.82, 2.24) is 19.7 Å². The first kappa shape index (κ1) is 19.1. The molecule has 0 bridgehead atoms. The molecular weight excluding hydrogens is 404 g/mol. The summed E-state index contributed by atoms with van der Waals surface area (Å²) in [6.07, 6.45) is 8.58. The summed E-state index contributed by atoms with van der Waals surface area (Å²) in [5, 5.41) is 19.9. The predicted octanol–water partition coefficient (Wildman–Crippen LogP) is 3.68. The molecule has 0 spiro atoms. The highest BCUT2D eigenvalue weighted by molar-refractivity contribution is 9.10. The molecule has 2 aliphatic heterocycles. The molecule has 1 N–H and O–H groups in total. The first-order valence-corrected chi connectivity index (χ1v) is 11.1. The zero-order chi connectivity index (χ0) is 18.7. The first-order valence-electron chi connectivity index (χ1n) is 10.3. The van der Waals surface area contributed by atoms with E-state index in [0.29, 0.717) is 0 Å². The highest BCUT2D eigenvalue weighted by Gasteiger charge is 2.33. The van der Waals surface area contributed by atoms with Crippen LogP contribution in [0, 0.1) is 0 Å². The topological polar surface area (TPSA) is 54.2 Å². The average molecular weight is 433 g/mol. The zero-order valence-electron chi connectivity index (χ0n) is 15.9. The normalized spacial score (nSPS) is 20.2. The molecule has 3 heterocycles. The Balaban J connectivity index is 1.26. The summed E-state index contributed by atoms with van der Waals surface area (Å²) >= 11 is 3.47. The third-order valence-corrected chi connectivity index (χ3v) is 6.65. The molecule has 2 aliphatic rings. The van der Waals surface area contributed by atoms with Gasteiger partial charge in [-0.15, -0.1) is 10.2 Å². The molecule has 1 aromatic carbocycles. The number of hydrogen-bond acceptors (Lipinski definition) is 4. The minimum atomic E-state index is -0.679. The molecule has 0 unspecified atom stereocenters. The molecule has 146 valence electrons. The van der Waals surface area contributed by atoms with Gasteiger partial charge in [-0.3, -0.25) is 0 Å². The Labute approximate surface area is 169 Å². The predicted molar refractivity (Wildman–Crippen MR) is 110 cm³/mol. The molecule has 5 nitrogen and oxygen atoms in total. The van der Waals surface area contributed by atoms with E-state index < -0.39 is 5.60 Å². The fourth-order valence-electron chi connectivity index (χ4n) is 4.39. The number of piperidine rings is 1. The number of likely N-dealkylation sites (tertiary alicyclic amines) is 1. The van der Waals surface area contributed by atoms with Gasteiger partial charge in [-0.1, -0.05) is 34.5 Å².